The third-order valence-corrected chi connectivity index (χ3v) is 5.04. The highest BCUT2D eigenvalue weighted by Crippen LogP contribution is 2.35. The first-order valence-corrected chi connectivity index (χ1v) is 7.90. The van der Waals surface area contributed by atoms with Crippen molar-refractivity contribution < 1.29 is 9.84 Å². The number of ether oxygens (including phenoxy) is 1. The van der Waals surface area contributed by atoms with E-state index in [0.717, 1.165) is 40.5 Å². The van der Waals surface area contributed by atoms with E-state index < -0.39 is 6.10 Å². The zero-order chi connectivity index (χ0) is 15.1. The van der Waals surface area contributed by atoms with Crippen molar-refractivity contribution in [2.24, 2.45) is 20.0 Å². The normalized spacial score (nSPS) is 20.9. The molecule has 2 aromatic rings. The summed E-state index contributed by atoms with van der Waals surface area (Å²) in [6.45, 7) is 1.36. The molecule has 6 heteroatoms. The van der Waals surface area contributed by atoms with Gasteiger partial charge in [-0.15, -0.1) is 0 Å². The molecule has 0 aliphatic carbocycles. The lowest BCUT2D eigenvalue weighted by Gasteiger charge is -2.27. The van der Waals surface area contributed by atoms with Crippen molar-refractivity contribution in [3.05, 3.63) is 32.7 Å². The van der Waals surface area contributed by atoms with Crippen LogP contribution in [-0.4, -0.2) is 27.5 Å². The Balaban J connectivity index is 2.08. The maximum atomic E-state index is 12.0. The molecule has 0 spiro atoms. The molecular formula is C15H19BrN2O3. The van der Waals surface area contributed by atoms with Crippen LogP contribution in [0.5, 0.6) is 0 Å². The van der Waals surface area contributed by atoms with Crippen molar-refractivity contribution in [2.75, 3.05) is 13.2 Å². The summed E-state index contributed by atoms with van der Waals surface area (Å²) in [5.41, 5.74) is 2.44. The molecule has 0 saturated carbocycles. The van der Waals surface area contributed by atoms with Crippen molar-refractivity contribution in [3.8, 4) is 0 Å². The predicted molar refractivity (Wildman–Crippen MR) is 84.4 cm³/mol. The Morgan fingerprint density at radius 2 is 2.00 bits per heavy atom. The van der Waals surface area contributed by atoms with E-state index in [1.807, 2.05) is 12.1 Å². The van der Waals surface area contributed by atoms with E-state index in [1.54, 1.807) is 23.2 Å². The molecular weight excluding hydrogens is 336 g/mol. The van der Waals surface area contributed by atoms with Crippen molar-refractivity contribution in [1.82, 2.24) is 9.13 Å². The van der Waals surface area contributed by atoms with Crippen LogP contribution < -0.4 is 5.69 Å². The highest BCUT2D eigenvalue weighted by atomic mass is 79.9. The highest BCUT2D eigenvalue weighted by molar-refractivity contribution is 9.10. The average Bonchev–Trinajstić information content (AvgIpc) is 2.71. The number of aliphatic hydroxyl groups is 1. The summed E-state index contributed by atoms with van der Waals surface area (Å²) in [7, 11) is 3.50. The van der Waals surface area contributed by atoms with Crippen molar-refractivity contribution in [3.63, 3.8) is 0 Å². The number of nitrogens with zero attached hydrogens (tertiary/aromatic N) is 2. The SMILES string of the molecule is Cn1c(=O)n(C)c2cc(C(O)C3CCCOC3)c(Br)cc21. The summed E-state index contributed by atoms with van der Waals surface area (Å²) < 4.78 is 9.51. The number of aliphatic hydroxyl groups excluding tert-OH is 1. The fourth-order valence-corrected chi connectivity index (χ4v) is 3.60. The van der Waals surface area contributed by atoms with Gasteiger partial charge >= 0.3 is 5.69 Å². The molecule has 1 aromatic heterocycles. The fraction of sp³-hybridized carbons (Fsp3) is 0.533. The van der Waals surface area contributed by atoms with Crippen LogP contribution in [0.15, 0.2) is 21.4 Å². The molecule has 2 atom stereocenters. The summed E-state index contributed by atoms with van der Waals surface area (Å²) in [6.07, 6.45) is 1.35. The zero-order valence-electron chi connectivity index (χ0n) is 12.2. The van der Waals surface area contributed by atoms with Gasteiger partial charge in [-0.1, -0.05) is 15.9 Å². The summed E-state index contributed by atoms with van der Waals surface area (Å²) in [5.74, 6) is 0.105. The Morgan fingerprint density at radius 1 is 1.33 bits per heavy atom. The molecule has 3 rings (SSSR count). The third-order valence-electron chi connectivity index (χ3n) is 4.35. The molecule has 1 aliphatic heterocycles. The highest BCUT2D eigenvalue weighted by Gasteiger charge is 2.26. The predicted octanol–water partition coefficient (Wildman–Crippen LogP) is 2.10. The number of hydrogen-bond acceptors (Lipinski definition) is 3. The molecule has 114 valence electrons. The topological polar surface area (TPSA) is 56.4 Å². The Labute approximate surface area is 131 Å². The quantitative estimate of drug-likeness (QED) is 0.898. The second kappa shape index (κ2) is 5.59. The lowest BCUT2D eigenvalue weighted by Crippen LogP contribution is -2.24. The number of benzene rings is 1. The number of hydrogen-bond donors (Lipinski definition) is 1. The van der Waals surface area contributed by atoms with Crippen molar-refractivity contribution >= 4 is 27.0 Å². The Kier molecular flexibility index (Phi) is 3.94. The molecule has 2 heterocycles. The number of aryl methyl sites for hydroxylation is 2. The number of aromatic nitrogens is 2. The van der Waals surface area contributed by atoms with Gasteiger partial charge in [0, 0.05) is 31.1 Å². The summed E-state index contributed by atoms with van der Waals surface area (Å²) in [5, 5.41) is 10.6. The first-order chi connectivity index (χ1) is 10.0. The molecule has 1 N–H and O–H groups in total. The van der Waals surface area contributed by atoms with Crippen LogP contribution in [0.4, 0.5) is 0 Å². The maximum Gasteiger partial charge on any atom is 0.328 e. The molecule has 0 amide bonds. The minimum atomic E-state index is -0.584. The van der Waals surface area contributed by atoms with E-state index in [4.69, 9.17) is 4.74 Å². The van der Waals surface area contributed by atoms with Crippen molar-refractivity contribution in [2.45, 2.75) is 18.9 Å². The largest absolute Gasteiger partial charge is 0.388 e. The first-order valence-electron chi connectivity index (χ1n) is 7.11. The van der Waals surface area contributed by atoms with Crippen LogP contribution in [0.1, 0.15) is 24.5 Å². The molecule has 5 nitrogen and oxygen atoms in total. The zero-order valence-corrected chi connectivity index (χ0v) is 13.8. The lowest BCUT2D eigenvalue weighted by molar-refractivity contribution is -0.0102. The van der Waals surface area contributed by atoms with Gasteiger partial charge < -0.3 is 9.84 Å². The van der Waals surface area contributed by atoms with E-state index in [2.05, 4.69) is 15.9 Å². The van der Waals surface area contributed by atoms with E-state index in [0.29, 0.717) is 6.61 Å². The summed E-state index contributed by atoms with van der Waals surface area (Å²) >= 11 is 3.53. The molecule has 21 heavy (non-hydrogen) atoms. The number of halogens is 1. The van der Waals surface area contributed by atoms with E-state index in [9.17, 15) is 9.90 Å². The Morgan fingerprint density at radius 3 is 2.62 bits per heavy atom. The van der Waals surface area contributed by atoms with Gasteiger partial charge in [0.1, 0.15) is 0 Å². The average molecular weight is 355 g/mol. The van der Waals surface area contributed by atoms with Crippen LogP contribution in [0, 0.1) is 5.92 Å². The number of rotatable bonds is 2. The number of imidazole rings is 1. The van der Waals surface area contributed by atoms with Crippen molar-refractivity contribution in [1.29, 1.82) is 0 Å². The fourth-order valence-electron chi connectivity index (χ4n) is 3.03. The van der Waals surface area contributed by atoms with E-state index in [1.165, 1.54) is 0 Å². The van der Waals surface area contributed by atoms with Crippen LogP contribution >= 0.6 is 15.9 Å². The van der Waals surface area contributed by atoms with Gasteiger partial charge in [0.05, 0.1) is 23.7 Å². The molecule has 0 bridgehead atoms. The second-order valence-electron chi connectivity index (χ2n) is 5.69. The molecule has 1 aliphatic rings. The van der Waals surface area contributed by atoms with Gasteiger partial charge in [0.15, 0.2) is 0 Å². The maximum absolute atomic E-state index is 12.0. The van der Waals surface area contributed by atoms with Crippen LogP contribution in [0.3, 0.4) is 0 Å². The molecule has 2 unspecified atom stereocenters. The monoisotopic (exact) mass is 354 g/mol. The lowest BCUT2D eigenvalue weighted by atomic mass is 9.91. The first kappa shape index (κ1) is 14.8. The molecule has 1 fully saturated rings. The Hall–Kier alpha value is -1.11. The van der Waals surface area contributed by atoms with Gasteiger partial charge in [0.25, 0.3) is 0 Å². The summed E-state index contributed by atoms with van der Waals surface area (Å²) in [4.78, 5) is 12.0. The van der Waals surface area contributed by atoms with Gasteiger partial charge in [-0.05, 0) is 30.5 Å². The third kappa shape index (κ3) is 2.45. The molecule has 0 radical (unpaired) electrons. The molecule has 1 aromatic carbocycles. The second-order valence-corrected chi connectivity index (χ2v) is 6.54. The van der Waals surface area contributed by atoms with E-state index >= 15 is 0 Å². The van der Waals surface area contributed by atoms with Gasteiger partial charge in [-0.2, -0.15) is 0 Å². The van der Waals surface area contributed by atoms with E-state index in [-0.39, 0.29) is 11.6 Å². The summed E-state index contributed by atoms with van der Waals surface area (Å²) in [6, 6.07) is 3.80. The van der Waals surface area contributed by atoms with Gasteiger partial charge in [0.2, 0.25) is 0 Å². The molecule has 1 saturated heterocycles. The van der Waals surface area contributed by atoms with Crippen LogP contribution in [0.25, 0.3) is 11.0 Å². The minimum absolute atomic E-state index is 0.0652. The Bertz CT molecular complexity index is 729. The standard InChI is InChI=1S/C15H19BrN2O3/c1-17-12-6-10(14(19)9-4-3-5-21-8-9)11(16)7-13(12)18(2)15(17)20/h6-7,9,14,19H,3-5,8H2,1-2H3. The van der Waals surface area contributed by atoms with Gasteiger partial charge in [-0.25, -0.2) is 4.79 Å². The van der Waals surface area contributed by atoms with Gasteiger partial charge in [-0.3, -0.25) is 9.13 Å². The smallest absolute Gasteiger partial charge is 0.328 e. The van der Waals surface area contributed by atoms with Crippen LogP contribution in [0.2, 0.25) is 0 Å². The van der Waals surface area contributed by atoms with Crippen LogP contribution in [-0.2, 0) is 18.8 Å². The minimum Gasteiger partial charge on any atom is -0.388 e. The number of fused-ring (bicyclic) bond motifs is 1.